The van der Waals surface area contributed by atoms with Gasteiger partial charge in [0.15, 0.2) is 0 Å². The van der Waals surface area contributed by atoms with E-state index >= 15 is 0 Å². The molecule has 0 aliphatic rings. The largest absolute Gasteiger partial charge is 0.481 e. The number of hydrogen-bond acceptors (Lipinski definition) is 2. The number of hydrogen-bond donors (Lipinski definition) is 1. The van der Waals surface area contributed by atoms with Crippen molar-refractivity contribution >= 4 is 5.97 Å². The Kier molecular flexibility index (Phi) is 5.88. The number of carboxylic acids is 1. The van der Waals surface area contributed by atoms with Crippen molar-refractivity contribution < 1.29 is 9.90 Å². The second kappa shape index (κ2) is 6.11. The molecule has 0 amide bonds. The summed E-state index contributed by atoms with van der Waals surface area (Å²) in [5.41, 5.74) is 0. The van der Waals surface area contributed by atoms with E-state index in [9.17, 15) is 4.79 Å². The van der Waals surface area contributed by atoms with Crippen LogP contribution in [-0.4, -0.2) is 34.6 Å². The standard InChI is InChI=1S/C12H25NO2/c1-8(2)7-13(9(3)4)11(6)10(5)12(14)15/h8-11H,7H2,1-6H3,(H,14,15). The molecule has 3 heteroatoms. The first kappa shape index (κ1) is 14.4. The lowest BCUT2D eigenvalue weighted by molar-refractivity contribution is -0.143. The van der Waals surface area contributed by atoms with Crippen molar-refractivity contribution in [2.45, 2.75) is 53.6 Å². The molecule has 0 rings (SSSR count). The molecule has 0 fully saturated rings. The zero-order chi connectivity index (χ0) is 12.2. The predicted octanol–water partition coefficient (Wildman–Crippen LogP) is 2.46. The molecular formula is C12H25NO2. The molecule has 0 spiro atoms. The van der Waals surface area contributed by atoms with Gasteiger partial charge in [-0.3, -0.25) is 9.69 Å². The number of nitrogens with zero attached hydrogens (tertiary/aromatic N) is 1. The van der Waals surface area contributed by atoms with Gasteiger partial charge in [0.25, 0.3) is 0 Å². The van der Waals surface area contributed by atoms with E-state index in [1.165, 1.54) is 0 Å². The van der Waals surface area contributed by atoms with E-state index in [1.807, 2.05) is 6.92 Å². The van der Waals surface area contributed by atoms with Gasteiger partial charge in [-0.2, -0.15) is 0 Å². The van der Waals surface area contributed by atoms with Crippen LogP contribution in [0.4, 0.5) is 0 Å². The van der Waals surface area contributed by atoms with Crippen molar-refractivity contribution in [3.05, 3.63) is 0 Å². The van der Waals surface area contributed by atoms with E-state index < -0.39 is 5.97 Å². The van der Waals surface area contributed by atoms with E-state index in [4.69, 9.17) is 5.11 Å². The second-order valence-corrected chi connectivity index (χ2v) is 5.05. The van der Waals surface area contributed by atoms with Crippen LogP contribution in [0.5, 0.6) is 0 Å². The van der Waals surface area contributed by atoms with E-state index in [1.54, 1.807) is 6.92 Å². The number of carboxylic acid groups (broad SMARTS) is 1. The summed E-state index contributed by atoms with van der Waals surface area (Å²) in [7, 11) is 0. The summed E-state index contributed by atoms with van der Waals surface area (Å²) >= 11 is 0. The highest BCUT2D eigenvalue weighted by Gasteiger charge is 2.27. The van der Waals surface area contributed by atoms with E-state index in [-0.39, 0.29) is 12.0 Å². The molecular weight excluding hydrogens is 190 g/mol. The first-order valence-corrected chi connectivity index (χ1v) is 5.75. The molecule has 0 aliphatic carbocycles. The van der Waals surface area contributed by atoms with Gasteiger partial charge in [-0.15, -0.1) is 0 Å². The summed E-state index contributed by atoms with van der Waals surface area (Å²) in [5.74, 6) is -0.459. The summed E-state index contributed by atoms with van der Waals surface area (Å²) in [4.78, 5) is 13.2. The third-order valence-electron chi connectivity index (χ3n) is 2.88. The molecule has 0 aromatic carbocycles. The molecule has 3 nitrogen and oxygen atoms in total. The summed E-state index contributed by atoms with van der Waals surface area (Å²) in [5, 5.41) is 8.99. The summed E-state index contributed by atoms with van der Waals surface area (Å²) in [6.45, 7) is 13.3. The number of aliphatic carboxylic acids is 1. The Balaban J connectivity index is 4.54. The summed E-state index contributed by atoms with van der Waals surface area (Å²) in [6.07, 6.45) is 0. The van der Waals surface area contributed by atoms with Gasteiger partial charge in [-0.25, -0.2) is 0 Å². The molecule has 0 aromatic heterocycles. The van der Waals surface area contributed by atoms with Gasteiger partial charge in [0, 0.05) is 18.6 Å². The fourth-order valence-electron chi connectivity index (χ4n) is 1.76. The molecule has 0 aromatic rings. The van der Waals surface area contributed by atoms with E-state index in [0.29, 0.717) is 12.0 Å². The molecule has 1 N–H and O–H groups in total. The minimum atomic E-state index is -0.711. The highest BCUT2D eigenvalue weighted by molar-refractivity contribution is 5.70. The van der Waals surface area contributed by atoms with Gasteiger partial charge in [-0.1, -0.05) is 20.8 Å². The fourth-order valence-corrected chi connectivity index (χ4v) is 1.76. The van der Waals surface area contributed by atoms with Gasteiger partial charge in [0.05, 0.1) is 5.92 Å². The topological polar surface area (TPSA) is 40.5 Å². The minimum Gasteiger partial charge on any atom is -0.481 e. The third-order valence-corrected chi connectivity index (χ3v) is 2.88. The molecule has 2 atom stereocenters. The Bertz CT molecular complexity index is 202. The first-order chi connectivity index (χ1) is 6.77. The van der Waals surface area contributed by atoms with Crippen molar-refractivity contribution in [3.8, 4) is 0 Å². The first-order valence-electron chi connectivity index (χ1n) is 5.75. The van der Waals surface area contributed by atoms with E-state index in [0.717, 1.165) is 6.54 Å². The zero-order valence-corrected chi connectivity index (χ0v) is 10.8. The Labute approximate surface area is 93.5 Å². The van der Waals surface area contributed by atoms with Gasteiger partial charge in [0.1, 0.15) is 0 Å². The average molecular weight is 215 g/mol. The molecule has 0 radical (unpaired) electrons. The minimum absolute atomic E-state index is 0.0879. The summed E-state index contributed by atoms with van der Waals surface area (Å²) in [6, 6.07) is 0.481. The van der Waals surface area contributed by atoms with Crippen LogP contribution in [0.3, 0.4) is 0 Å². The average Bonchev–Trinajstić information content (AvgIpc) is 2.10. The predicted molar refractivity (Wildman–Crippen MR) is 62.9 cm³/mol. The van der Waals surface area contributed by atoms with Crippen molar-refractivity contribution in [2.24, 2.45) is 11.8 Å². The second-order valence-electron chi connectivity index (χ2n) is 5.05. The van der Waals surface area contributed by atoms with Crippen LogP contribution in [0.25, 0.3) is 0 Å². The highest BCUT2D eigenvalue weighted by atomic mass is 16.4. The Morgan fingerprint density at radius 3 is 1.87 bits per heavy atom. The van der Waals surface area contributed by atoms with Crippen molar-refractivity contribution in [1.82, 2.24) is 4.90 Å². The molecule has 15 heavy (non-hydrogen) atoms. The summed E-state index contributed by atoms with van der Waals surface area (Å²) < 4.78 is 0. The molecule has 2 unspecified atom stereocenters. The molecule has 0 saturated heterocycles. The third kappa shape index (κ3) is 4.65. The Morgan fingerprint density at radius 2 is 1.60 bits per heavy atom. The zero-order valence-electron chi connectivity index (χ0n) is 10.8. The molecule has 0 saturated carbocycles. The maximum atomic E-state index is 10.9. The van der Waals surface area contributed by atoms with Crippen LogP contribution in [0.15, 0.2) is 0 Å². The lowest BCUT2D eigenvalue weighted by Crippen LogP contribution is -2.46. The quantitative estimate of drug-likeness (QED) is 0.740. The van der Waals surface area contributed by atoms with E-state index in [2.05, 4.69) is 32.6 Å². The Morgan fingerprint density at radius 1 is 1.13 bits per heavy atom. The normalized spacial score (nSPS) is 16.1. The van der Waals surface area contributed by atoms with Crippen LogP contribution in [0.1, 0.15) is 41.5 Å². The van der Waals surface area contributed by atoms with Gasteiger partial charge in [-0.05, 0) is 26.7 Å². The number of carbonyl (C=O) groups is 1. The number of rotatable bonds is 6. The van der Waals surface area contributed by atoms with Crippen LogP contribution in [-0.2, 0) is 4.79 Å². The molecule has 0 heterocycles. The lowest BCUT2D eigenvalue weighted by atomic mass is 9.99. The van der Waals surface area contributed by atoms with Gasteiger partial charge < -0.3 is 5.11 Å². The fraction of sp³-hybridized carbons (Fsp3) is 0.917. The van der Waals surface area contributed by atoms with Crippen LogP contribution in [0.2, 0.25) is 0 Å². The van der Waals surface area contributed by atoms with Gasteiger partial charge >= 0.3 is 5.97 Å². The molecule has 0 aliphatic heterocycles. The maximum absolute atomic E-state index is 10.9. The molecule has 90 valence electrons. The maximum Gasteiger partial charge on any atom is 0.307 e. The van der Waals surface area contributed by atoms with Crippen molar-refractivity contribution in [2.75, 3.05) is 6.54 Å². The van der Waals surface area contributed by atoms with Crippen LogP contribution in [0, 0.1) is 11.8 Å². The van der Waals surface area contributed by atoms with Crippen LogP contribution >= 0.6 is 0 Å². The van der Waals surface area contributed by atoms with Gasteiger partial charge in [0.2, 0.25) is 0 Å². The molecule has 0 bridgehead atoms. The lowest BCUT2D eigenvalue weighted by Gasteiger charge is -2.36. The van der Waals surface area contributed by atoms with Crippen molar-refractivity contribution in [3.63, 3.8) is 0 Å². The smallest absolute Gasteiger partial charge is 0.307 e. The Hall–Kier alpha value is -0.570. The SMILES string of the molecule is CC(C)CN(C(C)C)C(C)C(C)C(=O)O. The highest BCUT2D eigenvalue weighted by Crippen LogP contribution is 2.16. The monoisotopic (exact) mass is 215 g/mol. The van der Waals surface area contributed by atoms with Crippen molar-refractivity contribution in [1.29, 1.82) is 0 Å². The van der Waals surface area contributed by atoms with Crippen LogP contribution < -0.4 is 0 Å².